The van der Waals surface area contributed by atoms with Gasteiger partial charge in [-0.05, 0) is 6.07 Å². The number of rotatable bonds is 7. The van der Waals surface area contributed by atoms with Crippen molar-refractivity contribution in [2.45, 2.75) is 19.8 Å². The number of hydrogen-bond acceptors (Lipinski definition) is 6. The number of carbonyl (C=O) groups excluding carboxylic acids is 1. The van der Waals surface area contributed by atoms with E-state index in [1.807, 2.05) is 0 Å². The lowest BCUT2D eigenvalue weighted by Gasteiger charge is -2.07. The SMILES string of the molecule is CC(CNC(=O)CCc1nc(-c2ccoc2)no1)C(=O)O. The molecule has 2 aromatic heterocycles. The van der Waals surface area contributed by atoms with Crippen LogP contribution in [0.3, 0.4) is 0 Å². The molecular weight excluding hydrogens is 278 g/mol. The molecule has 0 radical (unpaired) electrons. The first-order valence-corrected chi connectivity index (χ1v) is 6.41. The maximum atomic E-state index is 11.6. The summed E-state index contributed by atoms with van der Waals surface area (Å²) >= 11 is 0. The maximum absolute atomic E-state index is 11.6. The first kappa shape index (κ1) is 14.8. The smallest absolute Gasteiger partial charge is 0.308 e. The summed E-state index contributed by atoms with van der Waals surface area (Å²) in [6.07, 6.45) is 3.44. The average molecular weight is 293 g/mol. The Morgan fingerprint density at radius 2 is 2.29 bits per heavy atom. The molecule has 0 saturated carbocycles. The predicted molar refractivity (Wildman–Crippen MR) is 70.1 cm³/mol. The largest absolute Gasteiger partial charge is 0.481 e. The number of furan rings is 1. The number of nitrogens with zero attached hydrogens (tertiary/aromatic N) is 2. The average Bonchev–Trinajstić information content (AvgIpc) is 3.12. The Kier molecular flexibility index (Phi) is 4.70. The first-order chi connectivity index (χ1) is 10.1. The van der Waals surface area contributed by atoms with Crippen LogP contribution in [0, 0.1) is 5.92 Å². The van der Waals surface area contributed by atoms with Gasteiger partial charge in [0.1, 0.15) is 6.26 Å². The van der Waals surface area contributed by atoms with Gasteiger partial charge in [-0.2, -0.15) is 4.98 Å². The number of aliphatic carboxylic acids is 1. The van der Waals surface area contributed by atoms with Crippen molar-refractivity contribution < 1.29 is 23.6 Å². The summed E-state index contributed by atoms with van der Waals surface area (Å²) in [5.74, 6) is -1.08. The number of carboxylic acid groups (broad SMARTS) is 1. The number of carbonyl (C=O) groups is 2. The molecule has 0 aliphatic rings. The molecule has 0 bridgehead atoms. The van der Waals surface area contributed by atoms with Gasteiger partial charge in [0.05, 0.1) is 17.7 Å². The minimum Gasteiger partial charge on any atom is -0.481 e. The number of nitrogens with one attached hydrogen (secondary N) is 1. The highest BCUT2D eigenvalue weighted by molar-refractivity contribution is 5.77. The van der Waals surface area contributed by atoms with Gasteiger partial charge in [0.2, 0.25) is 17.6 Å². The van der Waals surface area contributed by atoms with Crippen LogP contribution in [0.25, 0.3) is 11.4 Å². The summed E-state index contributed by atoms with van der Waals surface area (Å²) in [5, 5.41) is 15.0. The molecule has 1 unspecified atom stereocenters. The van der Waals surface area contributed by atoms with Gasteiger partial charge in [-0.1, -0.05) is 12.1 Å². The topological polar surface area (TPSA) is 118 Å². The van der Waals surface area contributed by atoms with Crippen LogP contribution in [0.1, 0.15) is 19.2 Å². The van der Waals surface area contributed by atoms with Gasteiger partial charge in [0.25, 0.3) is 0 Å². The Balaban J connectivity index is 1.78. The summed E-state index contributed by atoms with van der Waals surface area (Å²) in [4.78, 5) is 26.3. The minimum absolute atomic E-state index is 0.0955. The number of aromatic nitrogens is 2. The van der Waals surface area contributed by atoms with Crippen molar-refractivity contribution in [3.05, 3.63) is 24.5 Å². The predicted octanol–water partition coefficient (Wildman–Crippen LogP) is 1.10. The van der Waals surface area contributed by atoms with Crippen LogP contribution in [0.15, 0.2) is 27.5 Å². The second kappa shape index (κ2) is 6.69. The van der Waals surface area contributed by atoms with Crippen LogP contribution in [-0.2, 0) is 16.0 Å². The van der Waals surface area contributed by atoms with Crippen molar-refractivity contribution in [1.82, 2.24) is 15.5 Å². The van der Waals surface area contributed by atoms with Crippen LogP contribution in [0.5, 0.6) is 0 Å². The Morgan fingerprint density at radius 3 is 2.95 bits per heavy atom. The molecule has 21 heavy (non-hydrogen) atoms. The molecule has 0 saturated heterocycles. The third kappa shape index (κ3) is 4.16. The molecule has 0 spiro atoms. The monoisotopic (exact) mass is 293 g/mol. The molecule has 0 aliphatic carbocycles. The van der Waals surface area contributed by atoms with E-state index in [1.165, 1.54) is 19.5 Å². The van der Waals surface area contributed by atoms with Crippen molar-refractivity contribution >= 4 is 11.9 Å². The lowest BCUT2D eigenvalue weighted by Crippen LogP contribution is -2.31. The van der Waals surface area contributed by atoms with Gasteiger partial charge >= 0.3 is 5.97 Å². The summed E-state index contributed by atoms with van der Waals surface area (Å²) in [6.45, 7) is 1.62. The molecule has 112 valence electrons. The second-order valence-electron chi connectivity index (χ2n) is 4.57. The lowest BCUT2D eigenvalue weighted by atomic mass is 10.2. The van der Waals surface area contributed by atoms with E-state index in [-0.39, 0.29) is 25.3 Å². The van der Waals surface area contributed by atoms with E-state index in [2.05, 4.69) is 15.5 Å². The van der Waals surface area contributed by atoms with Gasteiger partial charge in [-0.3, -0.25) is 9.59 Å². The van der Waals surface area contributed by atoms with Crippen LogP contribution < -0.4 is 5.32 Å². The van der Waals surface area contributed by atoms with Crippen molar-refractivity contribution in [1.29, 1.82) is 0 Å². The number of aryl methyl sites for hydroxylation is 1. The number of hydrogen-bond donors (Lipinski definition) is 2. The highest BCUT2D eigenvalue weighted by Crippen LogP contribution is 2.16. The van der Waals surface area contributed by atoms with Gasteiger partial charge in [-0.25, -0.2) is 0 Å². The normalized spacial score (nSPS) is 12.0. The van der Waals surface area contributed by atoms with E-state index < -0.39 is 11.9 Å². The quantitative estimate of drug-likeness (QED) is 0.784. The minimum atomic E-state index is -0.947. The van der Waals surface area contributed by atoms with Crippen molar-refractivity contribution in [3.63, 3.8) is 0 Å². The zero-order valence-corrected chi connectivity index (χ0v) is 11.4. The fourth-order valence-corrected chi connectivity index (χ4v) is 1.53. The molecule has 2 rings (SSSR count). The zero-order valence-electron chi connectivity index (χ0n) is 11.4. The van der Waals surface area contributed by atoms with E-state index in [9.17, 15) is 9.59 Å². The molecule has 0 aliphatic heterocycles. The molecule has 8 heteroatoms. The Labute approximate surface area is 120 Å². The number of amides is 1. The van der Waals surface area contributed by atoms with Crippen molar-refractivity contribution in [2.75, 3.05) is 6.54 Å². The molecule has 1 amide bonds. The highest BCUT2D eigenvalue weighted by Gasteiger charge is 2.14. The molecule has 2 heterocycles. The first-order valence-electron chi connectivity index (χ1n) is 6.41. The van der Waals surface area contributed by atoms with Crippen LogP contribution >= 0.6 is 0 Å². The third-order valence-corrected chi connectivity index (χ3v) is 2.84. The molecule has 2 aromatic rings. The van der Waals surface area contributed by atoms with Gasteiger partial charge in [-0.15, -0.1) is 0 Å². The summed E-state index contributed by atoms with van der Waals surface area (Å²) in [6, 6.07) is 1.70. The van der Waals surface area contributed by atoms with E-state index >= 15 is 0 Å². The molecule has 1 atom stereocenters. The standard InChI is InChI=1S/C13H15N3O5/c1-8(13(18)19)6-14-10(17)2-3-11-15-12(16-21-11)9-4-5-20-7-9/h4-5,7-8H,2-3,6H2,1H3,(H,14,17)(H,18,19). The summed E-state index contributed by atoms with van der Waals surface area (Å²) in [7, 11) is 0. The Bertz CT molecular complexity index is 605. The molecule has 2 N–H and O–H groups in total. The fourth-order valence-electron chi connectivity index (χ4n) is 1.53. The van der Waals surface area contributed by atoms with Gasteiger partial charge in [0.15, 0.2) is 0 Å². The second-order valence-corrected chi connectivity index (χ2v) is 4.57. The molecule has 0 fully saturated rings. The highest BCUT2D eigenvalue weighted by atomic mass is 16.5. The lowest BCUT2D eigenvalue weighted by molar-refractivity contribution is -0.141. The van der Waals surface area contributed by atoms with Gasteiger partial charge < -0.3 is 19.4 Å². The van der Waals surface area contributed by atoms with Crippen LogP contribution in [0.4, 0.5) is 0 Å². The Hall–Kier alpha value is -2.64. The summed E-state index contributed by atoms with van der Waals surface area (Å²) in [5.41, 5.74) is 0.699. The maximum Gasteiger partial charge on any atom is 0.308 e. The van der Waals surface area contributed by atoms with Gasteiger partial charge in [0, 0.05) is 19.4 Å². The number of carboxylic acids is 1. The van der Waals surface area contributed by atoms with E-state index in [4.69, 9.17) is 14.0 Å². The van der Waals surface area contributed by atoms with Crippen LogP contribution in [0.2, 0.25) is 0 Å². The van der Waals surface area contributed by atoms with E-state index in [0.717, 1.165) is 0 Å². The Morgan fingerprint density at radius 1 is 1.48 bits per heavy atom. The third-order valence-electron chi connectivity index (χ3n) is 2.84. The molecular formula is C13H15N3O5. The zero-order chi connectivity index (χ0) is 15.2. The molecule has 0 aromatic carbocycles. The van der Waals surface area contributed by atoms with Crippen LogP contribution in [-0.4, -0.2) is 33.7 Å². The molecule has 8 nitrogen and oxygen atoms in total. The van der Waals surface area contributed by atoms with E-state index in [0.29, 0.717) is 17.3 Å². The summed E-state index contributed by atoms with van der Waals surface area (Å²) < 4.78 is 9.94. The fraction of sp³-hybridized carbons (Fsp3) is 0.385. The van der Waals surface area contributed by atoms with Crippen molar-refractivity contribution in [3.8, 4) is 11.4 Å². The van der Waals surface area contributed by atoms with Crippen molar-refractivity contribution in [2.24, 2.45) is 5.92 Å². The van der Waals surface area contributed by atoms with E-state index in [1.54, 1.807) is 6.07 Å².